The molecule has 2 nitrogen and oxygen atoms in total. The fourth-order valence-electron chi connectivity index (χ4n) is 12.7. The van der Waals surface area contributed by atoms with Gasteiger partial charge in [0.25, 0.3) is 0 Å². The van der Waals surface area contributed by atoms with Gasteiger partial charge in [0.05, 0.1) is 33.2 Å². The van der Waals surface area contributed by atoms with Crippen LogP contribution in [0.25, 0.3) is 111 Å². The average Bonchev–Trinajstić information content (AvgIpc) is 4.26. The zero-order chi connectivity index (χ0) is 49.5. The Kier molecular flexibility index (Phi) is 9.83. The highest BCUT2D eigenvalue weighted by Crippen LogP contribution is 2.56. The zero-order valence-corrected chi connectivity index (χ0v) is 41.1. The van der Waals surface area contributed by atoms with E-state index >= 15 is 0 Å². The molecule has 350 valence electrons. The average molecular weight is 953 g/mol. The van der Waals surface area contributed by atoms with E-state index in [1.165, 1.54) is 127 Å². The molecule has 1 aliphatic rings. The summed E-state index contributed by atoms with van der Waals surface area (Å²) in [5, 5.41) is 4.97. The normalized spacial score (nSPS) is 12.6. The van der Waals surface area contributed by atoms with Crippen LogP contribution in [0.15, 0.2) is 291 Å². The van der Waals surface area contributed by atoms with Crippen LogP contribution in [0.2, 0.25) is 0 Å². The number of rotatable bonds is 8. The first-order valence-corrected chi connectivity index (χ1v) is 26.0. The smallest absolute Gasteiger partial charge is 0.0713 e. The molecule has 0 radical (unpaired) electrons. The predicted octanol–water partition coefficient (Wildman–Crippen LogP) is 18.9. The highest BCUT2D eigenvalue weighted by Gasteiger charge is 2.45. The second-order valence-electron chi connectivity index (χ2n) is 20.0. The molecular weight excluding hydrogens is 905 g/mol. The van der Waals surface area contributed by atoms with Crippen molar-refractivity contribution in [2.45, 2.75) is 5.41 Å². The van der Waals surface area contributed by atoms with E-state index in [0.29, 0.717) is 0 Å². The minimum atomic E-state index is -0.438. The van der Waals surface area contributed by atoms with Crippen molar-refractivity contribution < 1.29 is 0 Å². The molecule has 12 aromatic carbocycles. The number of fused-ring (bicyclic) bond motifs is 9. The van der Waals surface area contributed by atoms with Crippen molar-refractivity contribution in [1.29, 1.82) is 0 Å². The third-order valence-electron chi connectivity index (χ3n) is 16.0. The second-order valence-corrected chi connectivity index (χ2v) is 20.0. The lowest BCUT2D eigenvalue weighted by atomic mass is 9.67. The van der Waals surface area contributed by atoms with E-state index in [1.54, 1.807) is 0 Å². The van der Waals surface area contributed by atoms with Gasteiger partial charge in [-0.3, -0.25) is 0 Å². The fraction of sp³-hybridized carbons (Fsp3) is 0.0137. The molecule has 0 saturated heterocycles. The number of nitrogens with zero attached hydrogens (tertiary/aromatic N) is 2. The van der Waals surface area contributed by atoms with Gasteiger partial charge in [-0.05, 0) is 139 Å². The summed E-state index contributed by atoms with van der Waals surface area (Å²) in [6.45, 7) is 0. The van der Waals surface area contributed by atoms with Crippen LogP contribution in [0, 0.1) is 0 Å². The van der Waals surface area contributed by atoms with Crippen LogP contribution in [-0.4, -0.2) is 9.13 Å². The third-order valence-corrected chi connectivity index (χ3v) is 16.0. The van der Waals surface area contributed by atoms with Crippen LogP contribution < -0.4 is 0 Å². The summed E-state index contributed by atoms with van der Waals surface area (Å²) in [7, 11) is 0. The molecule has 0 bridgehead atoms. The van der Waals surface area contributed by atoms with E-state index in [2.05, 4.69) is 300 Å². The Hall–Kier alpha value is -9.76. The Balaban J connectivity index is 0.783. The lowest BCUT2D eigenvalue weighted by Crippen LogP contribution is -2.28. The molecule has 2 heteroatoms. The summed E-state index contributed by atoms with van der Waals surface area (Å²) < 4.78 is 4.84. The van der Waals surface area contributed by atoms with Gasteiger partial charge in [0.2, 0.25) is 0 Å². The van der Waals surface area contributed by atoms with Crippen LogP contribution >= 0.6 is 0 Å². The third kappa shape index (κ3) is 6.66. The van der Waals surface area contributed by atoms with Crippen LogP contribution in [0.4, 0.5) is 0 Å². The maximum absolute atomic E-state index is 2.46. The first-order valence-electron chi connectivity index (χ1n) is 26.0. The van der Waals surface area contributed by atoms with Gasteiger partial charge in [-0.1, -0.05) is 224 Å². The molecule has 0 N–H and O–H groups in total. The first-order chi connectivity index (χ1) is 37.2. The molecule has 75 heavy (non-hydrogen) atoms. The number of benzene rings is 12. The summed E-state index contributed by atoms with van der Waals surface area (Å²) in [5.74, 6) is 0. The summed E-state index contributed by atoms with van der Waals surface area (Å²) >= 11 is 0. The molecule has 0 aliphatic heterocycles. The summed E-state index contributed by atoms with van der Waals surface area (Å²) in [4.78, 5) is 0. The Morgan fingerprint density at radius 2 is 0.653 bits per heavy atom. The maximum atomic E-state index is 2.46. The standard InChI is InChI=1S/C73H48N2/c1-3-22-56(23-4-1)73(66-32-12-7-28-60(66)61-29-8-13-33-67(61)73)57-24-18-20-52(46-57)50-39-37-49(38-40-50)51-19-17-21-55(45-51)59-27-9-14-34-68(59)75-70-36-16-11-31-63(70)65-48-54(42-44-72(65)75)53-41-43-71-64(47-53)62-30-10-15-35-69(62)74(71)58-25-5-2-6-26-58/h1-48H. The van der Waals surface area contributed by atoms with E-state index in [1.807, 2.05) is 0 Å². The van der Waals surface area contributed by atoms with Crippen molar-refractivity contribution >= 4 is 43.6 Å². The van der Waals surface area contributed by atoms with Gasteiger partial charge in [0, 0.05) is 32.8 Å². The molecule has 0 spiro atoms. The van der Waals surface area contributed by atoms with Crippen molar-refractivity contribution in [2.75, 3.05) is 0 Å². The monoisotopic (exact) mass is 952 g/mol. The number of hydrogen-bond donors (Lipinski definition) is 0. The van der Waals surface area contributed by atoms with Gasteiger partial charge in [0.1, 0.15) is 0 Å². The van der Waals surface area contributed by atoms with Crippen molar-refractivity contribution in [1.82, 2.24) is 9.13 Å². The highest BCUT2D eigenvalue weighted by atomic mass is 15.0. The van der Waals surface area contributed by atoms with E-state index in [-0.39, 0.29) is 0 Å². The molecule has 14 aromatic rings. The minimum Gasteiger partial charge on any atom is -0.309 e. The van der Waals surface area contributed by atoms with Crippen molar-refractivity contribution in [3.8, 4) is 67.0 Å². The Labute approximate surface area is 436 Å². The number of hydrogen-bond acceptors (Lipinski definition) is 0. The molecule has 0 unspecified atom stereocenters. The molecular formula is C73H48N2. The number of aromatic nitrogens is 2. The zero-order valence-electron chi connectivity index (χ0n) is 41.1. The van der Waals surface area contributed by atoms with Crippen LogP contribution in [0.1, 0.15) is 22.3 Å². The lowest BCUT2D eigenvalue weighted by molar-refractivity contribution is 0.769. The fourth-order valence-corrected chi connectivity index (χ4v) is 12.7. The molecule has 0 amide bonds. The largest absolute Gasteiger partial charge is 0.309 e. The molecule has 2 aromatic heterocycles. The molecule has 1 aliphatic carbocycles. The van der Waals surface area contributed by atoms with Gasteiger partial charge in [-0.25, -0.2) is 0 Å². The van der Waals surface area contributed by atoms with Gasteiger partial charge in [0.15, 0.2) is 0 Å². The Morgan fingerprint density at radius 3 is 1.29 bits per heavy atom. The lowest BCUT2D eigenvalue weighted by Gasteiger charge is -2.34. The van der Waals surface area contributed by atoms with E-state index in [0.717, 1.165) is 5.69 Å². The van der Waals surface area contributed by atoms with Crippen molar-refractivity contribution in [2.24, 2.45) is 0 Å². The van der Waals surface area contributed by atoms with Gasteiger partial charge in [-0.15, -0.1) is 0 Å². The van der Waals surface area contributed by atoms with Gasteiger partial charge in [-0.2, -0.15) is 0 Å². The quantitative estimate of drug-likeness (QED) is 0.144. The second kappa shape index (κ2) is 17.2. The van der Waals surface area contributed by atoms with E-state index in [9.17, 15) is 0 Å². The Bertz CT molecular complexity index is 4470. The molecule has 0 saturated carbocycles. The Morgan fingerprint density at radius 1 is 0.227 bits per heavy atom. The molecule has 2 heterocycles. The predicted molar refractivity (Wildman–Crippen MR) is 314 cm³/mol. The SMILES string of the molecule is c1ccc(-n2c3ccccc3c3cc(-c4ccc5c(c4)c4ccccc4n5-c4ccccc4-c4cccc(-c5ccc(-c6cccc(C7(c8ccccc8)c8ccccc8-c8ccccc87)c6)cc5)c4)ccc32)cc1. The van der Waals surface area contributed by atoms with Crippen LogP contribution in [0.5, 0.6) is 0 Å². The first kappa shape index (κ1) is 42.9. The maximum Gasteiger partial charge on any atom is 0.0713 e. The van der Waals surface area contributed by atoms with Crippen molar-refractivity contribution in [3.05, 3.63) is 313 Å². The molecule has 15 rings (SSSR count). The van der Waals surface area contributed by atoms with Crippen molar-refractivity contribution in [3.63, 3.8) is 0 Å². The highest BCUT2D eigenvalue weighted by molar-refractivity contribution is 6.13. The summed E-state index contributed by atoms with van der Waals surface area (Å²) in [5.41, 5.74) is 24.0. The number of para-hydroxylation sites is 4. The topological polar surface area (TPSA) is 9.86 Å². The minimum absolute atomic E-state index is 0.438. The molecule has 0 atom stereocenters. The van der Waals surface area contributed by atoms with Gasteiger partial charge >= 0.3 is 0 Å². The van der Waals surface area contributed by atoms with E-state index in [4.69, 9.17) is 0 Å². The van der Waals surface area contributed by atoms with E-state index < -0.39 is 5.41 Å². The summed E-state index contributed by atoms with van der Waals surface area (Å²) in [6.07, 6.45) is 0. The van der Waals surface area contributed by atoms with Crippen LogP contribution in [0.3, 0.4) is 0 Å². The summed E-state index contributed by atoms with van der Waals surface area (Å²) in [6, 6.07) is 107. The van der Waals surface area contributed by atoms with Crippen LogP contribution in [-0.2, 0) is 5.41 Å². The molecule has 0 fully saturated rings. The van der Waals surface area contributed by atoms with Gasteiger partial charge < -0.3 is 9.13 Å².